The number of hydrogen-bond donors (Lipinski definition) is 1. The fraction of sp³-hybridized carbons (Fsp3) is 0.524. The van der Waals surface area contributed by atoms with Gasteiger partial charge in [0.25, 0.3) is 11.9 Å². The number of nitrogens with zero attached hydrogens (tertiary/aromatic N) is 3. The van der Waals surface area contributed by atoms with E-state index in [1.54, 1.807) is 11.0 Å². The number of rotatable bonds is 5. The Labute approximate surface area is 177 Å². The van der Waals surface area contributed by atoms with Crippen molar-refractivity contribution >= 4 is 23.3 Å². The van der Waals surface area contributed by atoms with Gasteiger partial charge in [0, 0.05) is 31.9 Å². The summed E-state index contributed by atoms with van der Waals surface area (Å²) in [5.74, 6) is -1.90. The van der Waals surface area contributed by atoms with Crippen molar-refractivity contribution in [1.82, 2.24) is 4.98 Å². The Morgan fingerprint density at radius 2 is 1.68 bits per heavy atom. The van der Waals surface area contributed by atoms with Gasteiger partial charge in [-0.25, -0.2) is 4.39 Å². The van der Waals surface area contributed by atoms with E-state index in [1.165, 1.54) is 12.1 Å². The maximum atomic E-state index is 14.6. The van der Waals surface area contributed by atoms with Gasteiger partial charge < -0.3 is 19.5 Å². The molecule has 0 atom stereocenters. The molecule has 2 aliphatic heterocycles. The minimum Gasteiger partial charge on any atom is -0.427 e. The zero-order valence-electron chi connectivity index (χ0n) is 17.0. The lowest BCUT2D eigenvalue weighted by molar-refractivity contribution is -0.130. The third kappa shape index (κ3) is 5.11. The molecule has 3 heterocycles. The number of hydrogen-bond acceptors (Lipinski definition) is 5. The fourth-order valence-electron chi connectivity index (χ4n) is 4.03. The summed E-state index contributed by atoms with van der Waals surface area (Å²) < 4.78 is 58.9. The summed E-state index contributed by atoms with van der Waals surface area (Å²) in [6.07, 6.45) is -1.11. The minimum atomic E-state index is -4.56. The van der Waals surface area contributed by atoms with Crippen molar-refractivity contribution in [2.75, 3.05) is 41.3 Å². The molecule has 1 aromatic carbocycles. The number of piperidine rings is 1. The first kappa shape index (κ1) is 21.5. The molecule has 10 heteroatoms. The topological polar surface area (TPSA) is 61.6 Å². The van der Waals surface area contributed by atoms with Crippen LogP contribution in [0.25, 0.3) is 0 Å². The van der Waals surface area contributed by atoms with E-state index < -0.39 is 35.8 Å². The van der Waals surface area contributed by atoms with Crippen molar-refractivity contribution < 1.29 is 26.8 Å². The molecule has 4 rings (SSSR count). The summed E-state index contributed by atoms with van der Waals surface area (Å²) in [7, 11) is 0. The molecule has 0 saturated carbocycles. The van der Waals surface area contributed by atoms with Crippen molar-refractivity contribution in [2.24, 2.45) is 0 Å². The molecule has 0 radical (unpaired) electrons. The molecule has 1 aromatic heterocycles. The van der Waals surface area contributed by atoms with Crippen molar-refractivity contribution in [2.45, 2.75) is 44.7 Å². The molecule has 2 fully saturated rings. The van der Waals surface area contributed by atoms with E-state index in [-0.39, 0.29) is 11.7 Å². The highest BCUT2D eigenvalue weighted by Crippen LogP contribution is 2.30. The van der Waals surface area contributed by atoms with Gasteiger partial charge in [-0.1, -0.05) is 0 Å². The summed E-state index contributed by atoms with van der Waals surface area (Å²) in [5, 5.41) is 2.45. The third-order valence-electron chi connectivity index (χ3n) is 5.54. The predicted octanol–water partition coefficient (Wildman–Crippen LogP) is 4.76. The smallest absolute Gasteiger partial charge is 0.396 e. The summed E-state index contributed by atoms with van der Waals surface area (Å²) in [6, 6.07) is 4.29. The highest BCUT2D eigenvalue weighted by molar-refractivity contribution is 6.03. The quantitative estimate of drug-likeness (QED) is 0.680. The van der Waals surface area contributed by atoms with E-state index >= 15 is 0 Å². The van der Waals surface area contributed by atoms with Crippen molar-refractivity contribution in [1.29, 1.82) is 0 Å². The maximum absolute atomic E-state index is 14.6. The SMILES string of the molecule is O=C(Nc1ccc(N2CCCCC2)c(F)c1)c1nc(N2CCCC2)oc1CC(F)(F)F. The molecule has 31 heavy (non-hydrogen) atoms. The number of carbonyl (C=O) groups excluding carboxylic acids is 1. The second-order valence-corrected chi connectivity index (χ2v) is 7.92. The number of nitrogens with one attached hydrogen (secondary N) is 1. The Balaban J connectivity index is 1.53. The zero-order chi connectivity index (χ0) is 22.0. The Morgan fingerprint density at radius 3 is 2.32 bits per heavy atom. The van der Waals surface area contributed by atoms with Crippen LogP contribution in [0.4, 0.5) is 35.0 Å². The van der Waals surface area contributed by atoms with Crippen LogP contribution in [0.1, 0.15) is 48.4 Å². The van der Waals surface area contributed by atoms with E-state index in [9.17, 15) is 22.4 Å². The van der Waals surface area contributed by atoms with Crippen LogP contribution in [0.15, 0.2) is 22.6 Å². The molecule has 1 amide bonds. The second-order valence-electron chi connectivity index (χ2n) is 7.92. The number of amides is 1. The van der Waals surface area contributed by atoms with Crippen LogP contribution in [-0.4, -0.2) is 43.2 Å². The van der Waals surface area contributed by atoms with Crippen LogP contribution in [0, 0.1) is 5.82 Å². The largest absolute Gasteiger partial charge is 0.427 e. The van der Waals surface area contributed by atoms with E-state index in [1.807, 2.05) is 4.90 Å². The molecule has 0 unspecified atom stereocenters. The van der Waals surface area contributed by atoms with Crippen molar-refractivity contribution in [3.8, 4) is 0 Å². The van der Waals surface area contributed by atoms with Gasteiger partial charge in [-0.3, -0.25) is 4.79 Å². The molecule has 0 aliphatic carbocycles. The predicted molar refractivity (Wildman–Crippen MR) is 108 cm³/mol. The zero-order valence-corrected chi connectivity index (χ0v) is 17.0. The summed E-state index contributed by atoms with van der Waals surface area (Å²) in [4.78, 5) is 20.4. The Hall–Kier alpha value is -2.78. The van der Waals surface area contributed by atoms with Crippen molar-refractivity contribution in [3.05, 3.63) is 35.5 Å². The lowest BCUT2D eigenvalue weighted by atomic mass is 10.1. The summed E-state index contributed by atoms with van der Waals surface area (Å²) in [5.41, 5.74) is 0.167. The summed E-state index contributed by atoms with van der Waals surface area (Å²) >= 11 is 0. The van der Waals surface area contributed by atoms with Crippen LogP contribution in [0.2, 0.25) is 0 Å². The molecular formula is C21H24F4N4O2. The number of carbonyl (C=O) groups is 1. The Kier molecular flexibility index (Phi) is 6.06. The summed E-state index contributed by atoms with van der Waals surface area (Å²) in [6.45, 7) is 2.75. The molecule has 1 N–H and O–H groups in total. The van der Waals surface area contributed by atoms with Crippen LogP contribution in [0.5, 0.6) is 0 Å². The molecule has 2 aliphatic rings. The van der Waals surface area contributed by atoms with Crippen LogP contribution in [0.3, 0.4) is 0 Å². The second kappa shape index (κ2) is 8.76. The highest BCUT2D eigenvalue weighted by atomic mass is 19.4. The van der Waals surface area contributed by atoms with Crippen LogP contribution < -0.4 is 15.1 Å². The maximum Gasteiger partial charge on any atom is 0.396 e. The van der Waals surface area contributed by atoms with Gasteiger partial charge in [-0.05, 0) is 50.3 Å². The molecule has 2 aromatic rings. The van der Waals surface area contributed by atoms with Gasteiger partial charge in [0.1, 0.15) is 18.0 Å². The van der Waals surface area contributed by atoms with Gasteiger partial charge >= 0.3 is 6.18 Å². The lowest BCUT2D eigenvalue weighted by Crippen LogP contribution is -2.30. The number of aromatic nitrogens is 1. The van der Waals surface area contributed by atoms with Crippen molar-refractivity contribution in [3.63, 3.8) is 0 Å². The van der Waals surface area contributed by atoms with E-state index in [0.717, 1.165) is 45.2 Å². The first-order valence-corrected chi connectivity index (χ1v) is 10.5. The Bertz CT molecular complexity index is 932. The number of benzene rings is 1. The minimum absolute atomic E-state index is 0.00790. The fourth-order valence-corrected chi connectivity index (χ4v) is 4.03. The average Bonchev–Trinajstić information content (AvgIpc) is 3.37. The van der Waals surface area contributed by atoms with Crippen LogP contribution >= 0.6 is 0 Å². The molecule has 0 bridgehead atoms. The molecular weight excluding hydrogens is 416 g/mol. The lowest BCUT2D eigenvalue weighted by Gasteiger charge is -2.29. The first-order chi connectivity index (χ1) is 14.8. The standard InChI is InChI=1S/C21H24F4N4O2/c22-15-12-14(6-7-16(15)28-8-2-1-3-9-28)26-19(30)18-17(13-21(23,24)25)31-20(27-18)29-10-4-5-11-29/h6-7,12H,1-5,8-11,13H2,(H,26,30). The number of oxazole rings is 1. The van der Waals surface area contributed by atoms with Gasteiger partial charge in [-0.2, -0.15) is 18.2 Å². The number of halogens is 4. The normalized spacial score (nSPS) is 17.3. The molecule has 168 valence electrons. The first-order valence-electron chi connectivity index (χ1n) is 10.5. The average molecular weight is 440 g/mol. The molecule has 2 saturated heterocycles. The third-order valence-corrected chi connectivity index (χ3v) is 5.54. The van der Waals surface area contributed by atoms with Gasteiger partial charge in [0.15, 0.2) is 5.69 Å². The molecule has 6 nitrogen and oxygen atoms in total. The van der Waals surface area contributed by atoms with E-state index in [4.69, 9.17) is 4.42 Å². The van der Waals surface area contributed by atoms with E-state index in [2.05, 4.69) is 10.3 Å². The highest BCUT2D eigenvalue weighted by Gasteiger charge is 2.35. The monoisotopic (exact) mass is 440 g/mol. The van der Waals surface area contributed by atoms with Gasteiger partial charge in [0.2, 0.25) is 0 Å². The number of alkyl halides is 3. The van der Waals surface area contributed by atoms with Gasteiger partial charge in [0.05, 0.1) is 5.69 Å². The van der Waals surface area contributed by atoms with Crippen LogP contribution in [-0.2, 0) is 6.42 Å². The Morgan fingerprint density at radius 1 is 1.03 bits per heavy atom. The van der Waals surface area contributed by atoms with E-state index in [0.29, 0.717) is 18.8 Å². The molecule has 0 spiro atoms. The number of anilines is 3. The van der Waals surface area contributed by atoms with Gasteiger partial charge in [-0.15, -0.1) is 0 Å².